The Morgan fingerprint density at radius 2 is 1.90 bits per heavy atom. The second-order valence-corrected chi connectivity index (χ2v) is 8.31. The van der Waals surface area contributed by atoms with Crippen molar-refractivity contribution < 1.29 is 18.7 Å². The van der Waals surface area contributed by atoms with E-state index in [0.29, 0.717) is 24.9 Å². The summed E-state index contributed by atoms with van der Waals surface area (Å²) in [4.78, 5) is 25.5. The summed E-state index contributed by atoms with van der Waals surface area (Å²) < 4.78 is 20.4. The van der Waals surface area contributed by atoms with Gasteiger partial charge in [0, 0.05) is 11.3 Å². The van der Waals surface area contributed by atoms with Crippen molar-refractivity contribution in [2.24, 2.45) is 0 Å². The summed E-state index contributed by atoms with van der Waals surface area (Å²) in [5.74, 6) is -1.50. The smallest absolute Gasteiger partial charge is 0.359 e. The van der Waals surface area contributed by atoms with Gasteiger partial charge in [-0.1, -0.05) is 19.3 Å². The van der Waals surface area contributed by atoms with Gasteiger partial charge in [0.05, 0.1) is 11.8 Å². The number of hydrogen-bond donors (Lipinski definition) is 1. The first kappa shape index (κ1) is 21.0. The second-order valence-electron chi connectivity index (χ2n) is 8.31. The molecule has 1 atom stereocenters. The van der Waals surface area contributed by atoms with Crippen molar-refractivity contribution in [1.29, 1.82) is 5.26 Å². The van der Waals surface area contributed by atoms with Crippen LogP contribution in [0.3, 0.4) is 0 Å². The minimum atomic E-state index is -1.05. The van der Waals surface area contributed by atoms with Crippen molar-refractivity contribution in [3.05, 3.63) is 47.0 Å². The van der Waals surface area contributed by atoms with Crippen LogP contribution in [-0.2, 0) is 22.4 Å². The van der Waals surface area contributed by atoms with Gasteiger partial charge in [0.2, 0.25) is 0 Å². The standard InChI is InChI=1S/C23H25FN4O3/c1-15(21(29)26-23(14-25)12-3-2-4-13-23)31-22(30)20-18-6-5-7-19(18)28(27-20)17-10-8-16(24)9-11-17/h8-11,15H,2-7,12-13H2,1H3,(H,26,29). The molecule has 0 saturated heterocycles. The Morgan fingerprint density at radius 3 is 2.58 bits per heavy atom. The Morgan fingerprint density at radius 1 is 1.19 bits per heavy atom. The molecule has 1 aromatic carbocycles. The predicted molar refractivity (Wildman–Crippen MR) is 110 cm³/mol. The van der Waals surface area contributed by atoms with E-state index < -0.39 is 23.5 Å². The molecule has 1 unspecified atom stereocenters. The first-order chi connectivity index (χ1) is 14.9. The van der Waals surface area contributed by atoms with Gasteiger partial charge in [0.15, 0.2) is 11.8 Å². The monoisotopic (exact) mass is 424 g/mol. The molecule has 1 aromatic heterocycles. The maximum atomic E-state index is 13.3. The topological polar surface area (TPSA) is 97.0 Å². The fourth-order valence-corrected chi connectivity index (χ4v) is 4.42. The van der Waals surface area contributed by atoms with Crippen LogP contribution < -0.4 is 5.32 Å². The molecule has 1 heterocycles. The Kier molecular flexibility index (Phi) is 5.77. The van der Waals surface area contributed by atoms with Crippen LogP contribution in [0.25, 0.3) is 5.69 Å². The van der Waals surface area contributed by atoms with Crippen LogP contribution in [-0.4, -0.2) is 33.3 Å². The van der Waals surface area contributed by atoms with Crippen LogP contribution in [0.1, 0.15) is 67.2 Å². The number of rotatable bonds is 5. The molecule has 0 aliphatic heterocycles. The Balaban J connectivity index is 1.50. The maximum Gasteiger partial charge on any atom is 0.359 e. The number of fused-ring (bicyclic) bond motifs is 1. The first-order valence-electron chi connectivity index (χ1n) is 10.7. The minimum absolute atomic E-state index is 0.184. The van der Waals surface area contributed by atoms with Crippen molar-refractivity contribution in [1.82, 2.24) is 15.1 Å². The summed E-state index contributed by atoms with van der Waals surface area (Å²) in [6, 6.07) is 8.14. The molecule has 1 N–H and O–H groups in total. The summed E-state index contributed by atoms with van der Waals surface area (Å²) in [6.45, 7) is 1.50. The maximum absolute atomic E-state index is 13.3. The molecular formula is C23H25FN4O3. The molecule has 0 radical (unpaired) electrons. The number of nitriles is 1. The molecule has 2 aromatic rings. The number of ether oxygens (including phenoxy) is 1. The normalized spacial score (nSPS) is 18.0. The third-order valence-corrected chi connectivity index (χ3v) is 6.13. The van der Waals surface area contributed by atoms with Gasteiger partial charge in [-0.3, -0.25) is 4.79 Å². The van der Waals surface area contributed by atoms with E-state index in [0.717, 1.165) is 43.4 Å². The third-order valence-electron chi connectivity index (χ3n) is 6.13. The molecule has 0 bridgehead atoms. The van der Waals surface area contributed by atoms with E-state index >= 15 is 0 Å². The number of carbonyl (C=O) groups excluding carboxylic acids is 2. The number of nitrogens with one attached hydrogen (secondary N) is 1. The van der Waals surface area contributed by atoms with Crippen molar-refractivity contribution in [3.8, 4) is 11.8 Å². The summed E-state index contributed by atoms with van der Waals surface area (Å²) in [6.07, 6.45) is 5.31. The lowest BCUT2D eigenvalue weighted by Gasteiger charge is -2.32. The lowest BCUT2D eigenvalue weighted by Crippen LogP contribution is -2.52. The third kappa shape index (κ3) is 4.18. The Hall–Kier alpha value is -3.21. The largest absolute Gasteiger partial charge is 0.448 e. The van der Waals surface area contributed by atoms with Crippen molar-refractivity contribution in [2.75, 3.05) is 0 Å². The van der Waals surface area contributed by atoms with Gasteiger partial charge >= 0.3 is 5.97 Å². The van der Waals surface area contributed by atoms with E-state index in [1.807, 2.05) is 0 Å². The highest BCUT2D eigenvalue weighted by Gasteiger charge is 2.36. The first-order valence-corrected chi connectivity index (χ1v) is 10.7. The van der Waals surface area contributed by atoms with Crippen molar-refractivity contribution >= 4 is 11.9 Å². The van der Waals surface area contributed by atoms with Gasteiger partial charge in [0.25, 0.3) is 5.91 Å². The molecule has 31 heavy (non-hydrogen) atoms. The lowest BCUT2D eigenvalue weighted by atomic mass is 9.83. The zero-order valence-corrected chi connectivity index (χ0v) is 17.5. The highest BCUT2D eigenvalue weighted by Crippen LogP contribution is 2.29. The van der Waals surface area contributed by atoms with Crippen LogP contribution in [0, 0.1) is 17.1 Å². The molecular weight excluding hydrogens is 399 g/mol. The number of halogens is 1. The molecule has 2 aliphatic carbocycles. The van der Waals surface area contributed by atoms with Gasteiger partial charge in [-0.2, -0.15) is 10.4 Å². The van der Waals surface area contributed by atoms with Crippen LogP contribution in [0.4, 0.5) is 4.39 Å². The molecule has 7 nitrogen and oxygen atoms in total. The molecule has 1 fully saturated rings. The summed E-state index contributed by atoms with van der Waals surface area (Å²) in [7, 11) is 0. The van der Waals surface area contributed by atoms with Crippen LogP contribution in [0.15, 0.2) is 24.3 Å². The highest BCUT2D eigenvalue weighted by atomic mass is 19.1. The fourth-order valence-electron chi connectivity index (χ4n) is 4.42. The molecule has 4 rings (SSSR count). The number of carbonyl (C=O) groups is 2. The molecule has 1 amide bonds. The summed E-state index contributed by atoms with van der Waals surface area (Å²) in [5.41, 5.74) is 1.67. The lowest BCUT2D eigenvalue weighted by molar-refractivity contribution is -0.130. The number of hydrogen-bond acceptors (Lipinski definition) is 5. The predicted octanol–water partition coefficient (Wildman–Crippen LogP) is 3.39. The number of benzene rings is 1. The van der Waals surface area contributed by atoms with Crippen LogP contribution in [0.2, 0.25) is 0 Å². The molecule has 0 spiro atoms. The minimum Gasteiger partial charge on any atom is -0.448 e. The number of aromatic nitrogens is 2. The molecule has 2 aliphatic rings. The summed E-state index contributed by atoms with van der Waals surface area (Å²) >= 11 is 0. The second kappa shape index (κ2) is 8.50. The van der Waals surface area contributed by atoms with E-state index in [2.05, 4.69) is 16.5 Å². The number of esters is 1. The van der Waals surface area contributed by atoms with Gasteiger partial charge in [0.1, 0.15) is 11.4 Å². The SMILES string of the molecule is CC(OC(=O)c1nn(-c2ccc(F)cc2)c2c1CCC2)C(=O)NC1(C#N)CCCCC1. The number of amides is 1. The van der Waals surface area contributed by atoms with Crippen LogP contribution in [0.5, 0.6) is 0 Å². The molecule has 8 heteroatoms. The van der Waals surface area contributed by atoms with E-state index in [-0.39, 0.29) is 11.5 Å². The van der Waals surface area contributed by atoms with Gasteiger partial charge in [-0.05, 0) is 63.3 Å². The van der Waals surface area contributed by atoms with Gasteiger partial charge < -0.3 is 10.1 Å². The number of nitrogens with zero attached hydrogens (tertiary/aromatic N) is 3. The fraction of sp³-hybridized carbons (Fsp3) is 0.478. The molecule has 162 valence electrons. The van der Waals surface area contributed by atoms with Crippen molar-refractivity contribution in [3.63, 3.8) is 0 Å². The van der Waals surface area contributed by atoms with Crippen LogP contribution >= 0.6 is 0 Å². The summed E-state index contributed by atoms with van der Waals surface area (Å²) in [5, 5.41) is 16.8. The zero-order chi connectivity index (χ0) is 22.0. The quantitative estimate of drug-likeness (QED) is 0.742. The van der Waals surface area contributed by atoms with E-state index in [9.17, 15) is 19.2 Å². The zero-order valence-electron chi connectivity index (χ0n) is 17.5. The van der Waals surface area contributed by atoms with E-state index in [1.165, 1.54) is 19.1 Å². The van der Waals surface area contributed by atoms with Crippen molar-refractivity contribution in [2.45, 2.75) is 69.9 Å². The average Bonchev–Trinajstić information content (AvgIpc) is 3.38. The van der Waals surface area contributed by atoms with Gasteiger partial charge in [-0.15, -0.1) is 0 Å². The van der Waals surface area contributed by atoms with Gasteiger partial charge in [-0.25, -0.2) is 13.9 Å². The molecule has 1 saturated carbocycles. The average molecular weight is 424 g/mol. The van der Waals surface area contributed by atoms with E-state index in [4.69, 9.17) is 4.74 Å². The highest BCUT2D eigenvalue weighted by molar-refractivity contribution is 5.92. The Labute approximate surface area is 180 Å². The van der Waals surface area contributed by atoms with E-state index in [1.54, 1.807) is 16.8 Å². The Bertz CT molecular complexity index is 1030.